The molecule has 1 aliphatic carbocycles. The number of aliphatic hydroxyl groups is 1. The highest BCUT2D eigenvalue weighted by atomic mass is 16.4. The molecule has 1 aromatic heterocycles. The molecule has 1 atom stereocenters. The number of furan rings is 1. The minimum Gasteiger partial charge on any atom is -0.478 e. The molecule has 1 saturated heterocycles. The molecule has 2 heterocycles. The van der Waals surface area contributed by atoms with Gasteiger partial charge in [-0.2, -0.15) is 0 Å². The van der Waals surface area contributed by atoms with E-state index < -0.39 is 11.6 Å². The summed E-state index contributed by atoms with van der Waals surface area (Å²) < 4.78 is 5.20. The third kappa shape index (κ3) is 1.75. The molecule has 2 N–H and O–H groups in total. The van der Waals surface area contributed by atoms with Crippen LogP contribution in [0.25, 0.3) is 0 Å². The lowest BCUT2D eigenvalue weighted by Gasteiger charge is -2.21. The number of aromatic carboxylic acids is 1. The van der Waals surface area contributed by atoms with Crippen LogP contribution in [0.2, 0.25) is 0 Å². The lowest BCUT2D eigenvalue weighted by Crippen LogP contribution is -2.32. The Hall–Kier alpha value is -1.33. The van der Waals surface area contributed by atoms with Crippen molar-refractivity contribution >= 4 is 5.97 Å². The Labute approximate surface area is 98.6 Å². The molecule has 1 aliphatic heterocycles. The van der Waals surface area contributed by atoms with Crippen LogP contribution in [0, 0.1) is 0 Å². The Morgan fingerprint density at radius 3 is 2.94 bits per heavy atom. The van der Waals surface area contributed by atoms with Gasteiger partial charge in [-0.05, 0) is 25.3 Å². The van der Waals surface area contributed by atoms with E-state index in [4.69, 9.17) is 9.52 Å². The van der Waals surface area contributed by atoms with E-state index in [0.717, 1.165) is 6.54 Å². The highest BCUT2D eigenvalue weighted by molar-refractivity contribution is 5.89. The standard InChI is InChI=1S/C12H15NO4/c14-11(15)9-3-6-17-10(9)12(16)4-5-13(7-12)8-1-2-8/h3,6,8,16H,1-2,4-5,7H2,(H,14,15). The van der Waals surface area contributed by atoms with Gasteiger partial charge in [0.1, 0.15) is 11.2 Å². The zero-order valence-corrected chi connectivity index (χ0v) is 9.43. The molecule has 5 heteroatoms. The number of β-amino-alcohol motifs (C(OH)–C–C–N with tert-alkyl or cyclic N) is 1. The summed E-state index contributed by atoms with van der Waals surface area (Å²) in [6.45, 7) is 1.28. The van der Waals surface area contributed by atoms with Crippen LogP contribution in [0.15, 0.2) is 16.7 Å². The summed E-state index contributed by atoms with van der Waals surface area (Å²) in [5.41, 5.74) is -1.06. The van der Waals surface area contributed by atoms with Gasteiger partial charge >= 0.3 is 5.97 Å². The highest BCUT2D eigenvalue weighted by Gasteiger charge is 2.46. The van der Waals surface area contributed by atoms with Gasteiger partial charge in [0.25, 0.3) is 0 Å². The molecular formula is C12H15NO4. The molecule has 0 amide bonds. The third-order valence-corrected chi connectivity index (χ3v) is 3.66. The van der Waals surface area contributed by atoms with Crippen molar-refractivity contribution in [1.82, 2.24) is 4.90 Å². The van der Waals surface area contributed by atoms with Gasteiger partial charge in [0.2, 0.25) is 0 Å². The molecule has 17 heavy (non-hydrogen) atoms. The van der Waals surface area contributed by atoms with Gasteiger partial charge in [-0.15, -0.1) is 0 Å². The van der Waals surface area contributed by atoms with Crippen molar-refractivity contribution in [2.24, 2.45) is 0 Å². The summed E-state index contributed by atoms with van der Waals surface area (Å²) in [6, 6.07) is 1.97. The molecule has 2 aliphatic rings. The van der Waals surface area contributed by atoms with Gasteiger partial charge in [0.05, 0.1) is 6.26 Å². The molecule has 92 valence electrons. The summed E-state index contributed by atoms with van der Waals surface area (Å²) >= 11 is 0. The van der Waals surface area contributed by atoms with Crippen LogP contribution in [0.1, 0.15) is 35.4 Å². The molecule has 0 spiro atoms. The first-order chi connectivity index (χ1) is 8.10. The molecular weight excluding hydrogens is 222 g/mol. The summed E-state index contributed by atoms with van der Waals surface area (Å²) in [4.78, 5) is 13.2. The predicted octanol–water partition coefficient (Wildman–Crippen LogP) is 1.03. The summed E-state index contributed by atoms with van der Waals surface area (Å²) in [7, 11) is 0. The van der Waals surface area contributed by atoms with Crippen molar-refractivity contribution in [3.05, 3.63) is 23.7 Å². The fourth-order valence-corrected chi connectivity index (χ4v) is 2.60. The minimum atomic E-state index is -1.14. The van der Waals surface area contributed by atoms with Gasteiger partial charge in [-0.1, -0.05) is 0 Å². The number of carboxylic acid groups (broad SMARTS) is 1. The SMILES string of the molecule is O=C(O)c1ccoc1C1(O)CCN(C2CC2)C1. The van der Waals surface area contributed by atoms with Crippen LogP contribution in [-0.4, -0.2) is 40.2 Å². The maximum absolute atomic E-state index is 11.0. The van der Waals surface area contributed by atoms with Crippen molar-refractivity contribution in [1.29, 1.82) is 0 Å². The number of likely N-dealkylation sites (tertiary alicyclic amines) is 1. The Balaban J connectivity index is 1.87. The fourth-order valence-electron chi connectivity index (χ4n) is 2.60. The maximum Gasteiger partial charge on any atom is 0.339 e. The average Bonchev–Trinajstić information content (AvgIpc) is 2.87. The summed E-state index contributed by atoms with van der Waals surface area (Å²) in [5.74, 6) is -0.847. The molecule has 2 fully saturated rings. The summed E-state index contributed by atoms with van der Waals surface area (Å²) in [5, 5.41) is 19.6. The zero-order chi connectivity index (χ0) is 12.0. The van der Waals surface area contributed by atoms with E-state index in [9.17, 15) is 9.90 Å². The molecule has 5 nitrogen and oxygen atoms in total. The first-order valence-electron chi connectivity index (χ1n) is 5.88. The van der Waals surface area contributed by atoms with E-state index in [1.807, 2.05) is 0 Å². The second kappa shape index (κ2) is 3.58. The Morgan fingerprint density at radius 2 is 2.29 bits per heavy atom. The van der Waals surface area contributed by atoms with E-state index >= 15 is 0 Å². The number of rotatable bonds is 3. The zero-order valence-electron chi connectivity index (χ0n) is 9.43. The monoisotopic (exact) mass is 237 g/mol. The quantitative estimate of drug-likeness (QED) is 0.821. The average molecular weight is 237 g/mol. The first-order valence-corrected chi connectivity index (χ1v) is 5.88. The molecule has 1 saturated carbocycles. The van der Waals surface area contributed by atoms with E-state index in [1.54, 1.807) is 0 Å². The first kappa shape index (κ1) is 10.8. The van der Waals surface area contributed by atoms with Crippen LogP contribution in [0.5, 0.6) is 0 Å². The number of hydrogen-bond donors (Lipinski definition) is 2. The van der Waals surface area contributed by atoms with E-state index in [1.165, 1.54) is 25.2 Å². The molecule has 0 aromatic carbocycles. The van der Waals surface area contributed by atoms with Crippen LogP contribution in [-0.2, 0) is 5.60 Å². The van der Waals surface area contributed by atoms with Gasteiger partial charge in [-0.3, -0.25) is 4.90 Å². The Morgan fingerprint density at radius 1 is 1.53 bits per heavy atom. The van der Waals surface area contributed by atoms with Gasteiger partial charge in [0, 0.05) is 19.1 Å². The van der Waals surface area contributed by atoms with E-state index in [0.29, 0.717) is 19.0 Å². The summed E-state index contributed by atoms with van der Waals surface area (Å²) in [6.07, 6.45) is 4.23. The molecule has 1 aromatic rings. The lowest BCUT2D eigenvalue weighted by molar-refractivity contribution is 0.0211. The molecule has 0 radical (unpaired) electrons. The van der Waals surface area contributed by atoms with E-state index in [-0.39, 0.29) is 11.3 Å². The Kier molecular flexibility index (Phi) is 2.27. The van der Waals surface area contributed by atoms with Crippen LogP contribution >= 0.6 is 0 Å². The minimum absolute atomic E-state index is 0.0742. The molecule has 3 rings (SSSR count). The predicted molar refractivity (Wildman–Crippen MR) is 58.8 cm³/mol. The van der Waals surface area contributed by atoms with Crippen LogP contribution < -0.4 is 0 Å². The highest BCUT2D eigenvalue weighted by Crippen LogP contribution is 2.39. The third-order valence-electron chi connectivity index (χ3n) is 3.66. The second-order valence-corrected chi connectivity index (χ2v) is 4.95. The van der Waals surface area contributed by atoms with Crippen molar-refractivity contribution in [3.8, 4) is 0 Å². The van der Waals surface area contributed by atoms with Gasteiger partial charge in [-0.25, -0.2) is 4.79 Å². The van der Waals surface area contributed by atoms with Crippen molar-refractivity contribution in [3.63, 3.8) is 0 Å². The smallest absolute Gasteiger partial charge is 0.339 e. The number of carbonyl (C=O) groups is 1. The van der Waals surface area contributed by atoms with Gasteiger partial charge in [0.15, 0.2) is 5.76 Å². The van der Waals surface area contributed by atoms with Crippen molar-refractivity contribution in [2.45, 2.75) is 30.9 Å². The normalized spacial score (nSPS) is 29.7. The number of nitrogens with zero attached hydrogens (tertiary/aromatic N) is 1. The maximum atomic E-state index is 11.0. The topological polar surface area (TPSA) is 73.9 Å². The van der Waals surface area contributed by atoms with E-state index in [2.05, 4.69) is 4.90 Å². The Bertz CT molecular complexity index is 451. The van der Waals surface area contributed by atoms with Crippen LogP contribution in [0.4, 0.5) is 0 Å². The van der Waals surface area contributed by atoms with Crippen molar-refractivity contribution < 1.29 is 19.4 Å². The van der Waals surface area contributed by atoms with Crippen LogP contribution in [0.3, 0.4) is 0 Å². The largest absolute Gasteiger partial charge is 0.478 e. The molecule has 0 bridgehead atoms. The van der Waals surface area contributed by atoms with Crippen molar-refractivity contribution in [2.75, 3.05) is 13.1 Å². The second-order valence-electron chi connectivity index (χ2n) is 4.95. The molecule has 1 unspecified atom stereocenters. The number of hydrogen-bond acceptors (Lipinski definition) is 4. The van der Waals surface area contributed by atoms with Gasteiger partial charge < -0.3 is 14.6 Å². The number of carboxylic acids is 1. The fraction of sp³-hybridized carbons (Fsp3) is 0.583. The lowest BCUT2D eigenvalue weighted by atomic mass is 9.97.